The van der Waals surface area contributed by atoms with E-state index in [9.17, 15) is 9.18 Å². The Kier molecular flexibility index (Phi) is 5.74. The highest BCUT2D eigenvalue weighted by atomic mass is 19.1. The van der Waals surface area contributed by atoms with Crippen molar-refractivity contribution >= 4 is 11.6 Å². The molecule has 1 aliphatic heterocycles. The maximum atomic E-state index is 13.9. The van der Waals surface area contributed by atoms with Gasteiger partial charge in [-0.2, -0.15) is 0 Å². The molecule has 122 valence electrons. The van der Waals surface area contributed by atoms with E-state index in [-0.39, 0.29) is 11.7 Å². The summed E-state index contributed by atoms with van der Waals surface area (Å²) in [7, 11) is 1.59. The van der Waals surface area contributed by atoms with Crippen LogP contribution < -0.4 is 15.4 Å². The average Bonchev–Trinajstić information content (AvgIpc) is 2.51. The van der Waals surface area contributed by atoms with Crippen molar-refractivity contribution < 1.29 is 18.7 Å². The molecule has 0 unspecified atom stereocenters. The minimum atomic E-state index is -0.560. The van der Waals surface area contributed by atoms with Crippen LogP contribution in [0.4, 0.5) is 10.1 Å². The number of ether oxygens (including phenoxy) is 2. The molecule has 0 saturated carbocycles. The van der Waals surface area contributed by atoms with Crippen LogP contribution in [-0.4, -0.2) is 39.3 Å². The largest absolute Gasteiger partial charge is 0.491 e. The van der Waals surface area contributed by atoms with Crippen LogP contribution in [0.15, 0.2) is 18.2 Å². The van der Waals surface area contributed by atoms with Gasteiger partial charge < -0.3 is 20.1 Å². The molecule has 2 N–H and O–H groups in total. The van der Waals surface area contributed by atoms with Crippen LogP contribution >= 0.6 is 0 Å². The van der Waals surface area contributed by atoms with Crippen molar-refractivity contribution in [3.05, 3.63) is 24.0 Å². The summed E-state index contributed by atoms with van der Waals surface area (Å²) < 4.78 is 24.3. The van der Waals surface area contributed by atoms with E-state index in [1.54, 1.807) is 20.1 Å². The molecule has 5 nitrogen and oxygen atoms in total. The Hall–Kier alpha value is -1.66. The molecule has 1 heterocycles. The predicted octanol–water partition coefficient (Wildman–Crippen LogP) is 2.18. The summed E-state index contributed by atoms with van der Waals surface area (Å²) in [6.07, 6.45) is 1.40. The van der Waals surface area contributed by atoms with Gasteiger partial charge in [0.15, 0.2) is 11.6 Å². The molecule has 22 heavy (non-hydrogen) atoms. The fourth-order valence-electron chi connectivity index (χ4n) is 2.73. The highest BCUT2D eigenvalue weighted by Crippen LogP contribution is 2.31. The first-order chi connectivity index (χ1) is 10.6. The van der Waals surface area contributed by atoms with Gasteiger partial charge in [-0.15, -0.1) is 0 Å². The number of carbonyl (C=O) groups is 1. The van der Waals surface area contributed by atoms with Crippen LogP contribution in [0.1, 0.15) is 19.8 Å². The molecule has 1 amide bonds. The number of benzene rings is 1. The van der Waals surface area contributed by atoms with E-state index in [2.05, 4.69) is 10.6 Å². The van der Waals surface area contributed by atoms with Crippen LogP contribution in [0.25, 0.3) is 0 Å². The highest BCUT2D eigenvalue weighted by molar-refractivity contribution is 5.95. The van der Waals surface area contributed by atoms with Crippen LogP contribution in [0, 0.1) is 11.2 Å². The van der Waals surface area contributed by atoms with Crippen molar-refractivity contribution in [2.24, 2.45) is 5.41 Å². The number of amides is 1. The summed E-state index contributed by atoms with van der Waals surface area (Å²) in [6.45, 7) is 4.09. The summed E-state index contributed by atoms with van der Waals surface area (Å²) in [5.74, 6) is -0.417. The lowest BCUT2D eigenvalue weighted by Gasteiger charge is -2.35. The van der Waals surface area contributed by atoms with Crippen LogP contribution in [0.5, 0.6) is 5.75 Å². The number of rotatable bonds is 6. The fraction of sp³-hybridized carbons (Fsp3) is 0.562. The van der Waals surface area contributed by atoms with Crippen molar-refractivity contribution in [1.82, 2.24) is 5.32 Å². The van der Waals surface area contributed by atoms with Gasteiger partial charge in [0.25, 0.3) is 0 Å². The normalized spacial score (nSPS) is 17.0. The first-order valence-electron chi connectivity index (χ1n) is 7.55. The van der Waals surface area contributed by atoms with E-state index in [4.69, 9.17) is 9.47 Å². The number of methoxy groups -OCH3 is 1. The second-order valence-electron chi connectivity index (χ2n) is 5.50. The van der Waals surface area contributed by atoms with Gasteiger partial charge in [-0.1, -0.05) is 0 Å². The second kappa shape index (κ2) is 7.56. The van der Waals surface area contributed by atoms with Gasteiger partial charge in [0.05, 0.1) is 18.6 Å². The van der Waals surface area contributed by atoms with Gasteiger partial charge in [-0.05, 0) is 45.0 Å². The fourth-order valence-corrected chi connectivity index (χ4v) is 2.73. The van der Waals surface area contributed by atoms with E-state index in [1.807, 2.05) is 0 Å². The van der Waals surface area contributed by atoms with Crippen molar-refractivity contribution in [3.8, 4) is 5.75 Å². The van der Waals surface area contributed by atoms with Crippen LogP contribution in [0.3, 0.4) is 0 Å². The van der Waals surface area contributed by atoms with Gasteiger partial charge >= 0.3 is 0 Å². The molecule has 6 heteroatoms. The number of hydrogen-bond acceptors (Lipinski definition) is 4. The summed E-state index contributed by atoms with van der Waals surface area (Å²) in [5.41, 5.74) is -0.130. The highest BCUT2D eigenvalue weighted by Gasteiger charge is 2.39. The number of nitrogens with one attached hydrogen (secondary N) is 2. The molecule has 1 aromatic carbocycles. The molecule has 0 atom stereocenters. The van der Waals surface area contributed by atoms with Crippen molar-refractivity contribution in [3.63, 3.8) is 0 Å². The van der Waals surface area contributed by atoms with E-state index in [1.165, 1.54) is 12.1 Å². The maximum absolute atomic E-state index is 13.9. The van der Waals surface area contributed by atoms with Crippen molar-refractivity contribution in [1.29, 1.82) is 0 Å². The minimum absolute atomic E-state index is 0.126. The smallest absolute Gasteiger partial charge is 0.233 e. The number of carbonyl (C=O) groups excluding carboxylic acids is 1. The zero-order valence-corrected chi connectivity index (χ0v) is 13.1. The van der Waals surface area contributed by atoms with Gasteiger partial charge in [0.1, 0.15) is 0 Å². The molecular formula is C16H23FN2O3. The molecule has 1 aliphatic rings. The predicted molar refractivity (Wildman–Crippen MR) is 82.6 cm³/mol. The molecule has 0 aromatic heterocycles. The van der Waals surface area contributed by atoms with Gasteiger partial charge in [-0.25, -0.2) is 4.39 Å². The summed E-state index contributed by atoms with van der Waals surface area (Å²) >= 11 is 0. The molecule has 1 saturated heterocycles. The van der Waals surface area contributed by atoms with Crippen molar-refractivity contribution in [2.75, 3.05) is 38.7 Å². The van der Waals surface area contributed by atoms with Crippen LogP contribution in [0.2, 0.25) is 0 Å². The SMILES string of the molecule is CCOc1ccc(NC(=O)C2(COC)CCNCC2)cc1F. The number of anilines is 1. The zero-order valence-electron chi connectivity index (χ0n) is 13.1. The summed E-state index contributed by atoms with van der Waals surface area (Å²) in [4.78, 5) is 12.6. The maximum Gasteiger partial charge on any atom is 0.233 e. The van der Waals surface area contributed by atoms with Crippen molar-refractivity contribution in [2.45, 2.75) is 19.8 Å². The van der Waals surface area contributed by atoms with E-state index in [0.717, 1.165) is 13.1 Å². The Morgan fingerprint density at radius 2 is 2.14 bits per heavy atom. The second-order valence-corrected chi connectivity index (χ2v) is 5.50. The lowest BCUT2D eigenvalue weighted by Crippen LogP contribution is -2.47. The molecule has 0 bridgehead atoms. The quantitative estimate of drug-likeness (QED) is 0.845. The zero-order chi connectivity index (χ0) is 16.0. The molecule has 1 fully saturated rings. The Morgan fingerprint density at radius 3 is 2.73 bits per heavy atom. The average molecular weight is 310 g/mol. The Bertz CT molecular complexity index is 511. The third-order valence-electron chi connectivity index (χ3n) is 3.95. The van der Waals surface area contributed by atoms with Crippen LogP contribution in [-0.2, 0) is 9.53 Å². The molecule has 0 spiro atoms. The van der Waals surface area contributed by atoms with Gasteiger partial charge in [-0.3, -0.25) is 4.79 Å². The summed E-state index contributed by atoms with van der Waals surface area (Å²) in [6, 6.07) is 4.46. The first-order valence-corrected chi connectivity index (χ1v) is 7.55. The Labute approximate surface area is 130 Å². The number of hydrogen-bond donors (Lipinski definition) is 2. The molecule has 0 aliphatic carbocycles. The standard InChI is InChI=1S/C16H23FN2O3/c1-3-22-14-5-4-12(10-13(14)17)19-15(20)16(11-21-2)6-8-18-9-7-16/h4-5,10,18H,3,6-9,11H2,1-2H3,(H,19,20). The monoisotopic (exact) mass is 310 g/mol. The van der Waals surface area contributed by atoms with E-state index >= 15 is 0 Å². The molecule has 0 radical (unpaired) electrons. The lowest BCUT2D eigenvalue weighted by atomic mass is 9.78. The number of halogens is 1. The first kappa shape index (κ1) is 16.7. The van der Waals surface area contributed by atoms with E-state index in [0.29, 0.717) is 31.7 Å². The lowest BCUT2D eigenvalue weighted by molar-refractivity contribution is -0.130. The Morgan fingerprint density at radius 1 is 1.41 bits per heavy atom. The minimum Gasteiger partial charge on any atom is -0.491 e. The third-order valence-corrected chi connectivity index (χ3v) is 3.95. The molecule has 1 aromatic rings. The topological polar surface area (TPSA) is 59.6 Å². The van der Waals surface area contributed by atoms with Gasteiger partial charge in [0, 0.05) is 18.9 Å². The van der Waals surface area contributed by atoms with E-state index < -0.39 is 11.2 Å². The number of piperidine rings is 1. The Balaban J connectivity index is 2.11. The summed E-state index contributed by atoms with van der Waals surface area (Å²) in [5, 5.41) is 6.04. The molecular weight excluding hydrogens is 287 g/mol. The van der Waals surface area contributed by atoms with Gasteiger partial charge in [0.2, 0.25) is 5.91 Å². The molecule has 2 rings (SSSR count). The third kappa shape index (κ3) is 3.75.